The zero-order chi connectivity index (χ0) is 16.8. The molecule has 2 rings (SSSR count). The van der Waals surface area contributed by atoms with Gasteiger partial charge in [0.05, 0.1) is 29.8 Å². The van der Waals surface area contributed by atoms with Gasteiger partial charge in [-0.05, 0) is 44.5 Å². The fourth-order valence-electron chi connectivity index (χ4n) is 2.64. The highest BCUT2D eigenvalue weighted by Gasteiger charge is 2.27. The molecule has 23 heavy (non-hydrogen) atoms. The Balaban J connectivity index is 1.88. The lowest BCUT2D eigenvalue weighted by Crippen LogP contribution is -2.43. The number of nitrogens with zero attached hydrogens (tertiary/aromatic N) is 1. The van der Waals surface area contributed by atoms with Crippen LogP contribution in [0.5, 0.6) is 0 Å². The van der Waals surface area contributed by atoms with Crippen LogP contribution < -0.4 is 5.32 Å². The van der Waals surface area contributed by atoms with Gasteiger partial charge in [-0.15, -0.1) is 0 Å². The zero-order valence-corrected chi connectivity index (χ0v) is 14.5. The van der Waals surface area contributed by atoms with Gasteiger partial charge in [0.25, 0.3) is 0 Å². The Kier molecular flexibility index (Phi) is 6.69. The Morgan fingerprint density at radius 1 is 1.39 bits per heavy atom. The summed E-state index contributed by atoms with van der Waals surface area (Å²) < 4.78 is 5.06. The lowest BCUT2D eigenvalue weighted by Gasteiger charge is -2.30. The number of nitrogens with one attached hydrogen (secondary N) is 1. The van der Waals surface area contributed by atoms with E-state index in [1.165, 1.54) is 0 Å². The molecule has 1 aliphatic rings. The second-order valence-electron chi connectivity index (χ2n) is 5.50. The third-order valence-electron chi connectivity index (χ3n) is 3.70. The third kappa shape index (κ3) is 5.37. The van der Waals surface area contributed by atoms with Gasteiger partial charge in [-0.1, -0.05) is 23.2 Å². The minimum Gasteiger partial charge on any atom is -0.466 e. The number of hydrogen-bond donors (Lipinski definition) is 1. The molecule has 0 aliphatic carbocycles. The summed E-state index contributed by atoms with van der Waals surface area (Å²) in [6, 6.07) is 4.91. The molecule has 126 valence electrons. The van der Waals surface area contributed by atoms with E-state index in [0.29, 0.717) is 28.9 Å². The second kappa shape index (κ2) is 8.52. The third-order valence-corrected chi connectivity index (χ3v) is 4.25. The molecule has 1 aromatic rings. The first-order valence-corrected chi connectivity index (χ1v) is 8.39. The summed E-state index contributed by atoms with van der Waals surface area (Å²) in [5, 5.41) is 3.68. The highest BCUT2D eigenvalue weighted by atomic mass is 35.5. The van der Waals surface area contributed by atoms with Crippen molar-refractivity contribution in [3.63, 3.8) is 0 Å². The molecule has 0 saturated carbocycles. The molecule has 0 aromatic heterocycles. The van der Waals surface area contributed by atoms with Crippen molar-refractivity contribution in [1.29, 1.82) is 0 Å². The van der Waals surface area contributed by atoms with E-state index < -0.39 is 0 Å². The van der Waals surface area contributed by atoms with Gasteiger partial charge < -0.3 is 10.1 Å². The van der Waals surface area contributed by atoms with Gasteiger partial charge in [-0.25, -0.2) is 0 Å². The van der Waals surface area contributed by atoms with Gasteiger partial charge in [0.15, 0.2) is 0 Å². The number of hydrogen-bond acceptors (Lipinski definition) is 4. The van der Waals surface area contributed by atoms with E-state index in [4.69, 9.17) is 27.9 Å². The first-order valence-electron chi connectivity index (χ1n) is 7.63. The van der Waals surface area contributed by atoms with Crippen molar-refractivity contribution in [3.05, 3.63) is 28.2 Å². The molecule has 1 aromatic carbocycles. The summed E-state index contributed by atoms with van der Waals surface area (Å²) in [7, 11) is 0. The van der Waals surface area contributed by atoms with Gasteiger partial charge in [0.2, 0.25) is 5.91 Å². The normalized spacial score (nSPS) is 18.5. The van der Waals surface area contributed by atoms with E-state index in [0.717, 1.165) is 19.4 Å². The number of carbonyl (C=O) groups is 2. The van der Waals surface area contributed by atoms with Crippen LogP contribution >= 0.6 is 23.2 Å². The van der Waals surface area contributed by atoms with E-state index in [-0.39, 0.29) is 24.3 Å². The number of esters is 1. The van der Waals surface area contributed by atoms with Gasteiger partial charge >= 0.3 is 5.97 Å². The summed E-state index contributed by atoms with van der Waals surface area (Å²) in [6.07, 6.45) is 1.68. The summed E-state index contributed by atoms with van der Waals surface area (Å²) in [6.45, 7) is 3.72. The Morgan fingerprint density at radius 3 is 2.87 bits per heavy atom. The number of rotatable bonds is 5. The molecule has 1 amide bonds. The van der Waals surface area contributed by atoms with Gasteiger partial charge in [-0.3, -0.25) is 14.5 Å². The summed E-state index contributed by atoms with van der Waals surface area (Å²) in [5.41, 5.74) is 0.528. The predicted molar refractivity (Wildman–Crippen MR) is 90.9 cm³/mol. The molecule has 1 aliphatic heterocycles. The van der Waals surface area contributed by atoms with Crippen LogP contribution in [0.15, 0.2) is 18.2 Å². The fourth-order valence-corrected chi connectivity index (χ4v) is 3.09. The average molecular weight is 359 g/mol. The molecule has 0 unspecified atom stereocenters. The van der Waals surface area contributed by atoms with E-state index in [1.807, 2.05) is 4.90 Å². The van der Waals surface area contributed by atoms with Gasteiger partial charge in [-0.2, -0.15) is 0 Å². The van der Waals surface area contributed by atoms with Crippen LogP contribution in [0.2, 0.25) is 10.0 Å². The molecule has 1 saturated heterocycles. The van der Waals surface area contributed by atoms with Crippen LogP contribution in [0, 0.1) is 5.92 Å². The van der Waals surface area contributed by atoms with E-state index >= 15 is 0 Å². The van der Waals surface area contributed by atoms with Crippen LogP contribution in [0.25, 0.3) is 0 Å². The van der Waals surface area contributed by atoms with Crippen molar-refractivity contribution in [2.24, 2.45) is 5.92 Å². The second-order valence-corrected chi connectivity index (χ2v) is 6.34. The maximum Gasteiger partial charge on any atom is 0.310 e. The number of amides is 1. The minimum absolute atomic E-state index is 0.157. The van der Waals surface area contributed by atoms with Crippen molar-refractivity contribution < 1.29 is 14.3 Å². The number of ether oxygens (including phenoxy) is 1. The van der Waals surface area contributed by atoms with Crippen molar-refractivity contribution in [2.75, 3.05) is 31.6 Å². The van der Waals surface area contributed by atoms with Crippen LogP contribution in [-0.4, -0.2) is 43.0 Å². The highest BCUT2D eigenvalue weighted by molar-refractivity contribution is 6.36. The molecular weight excluding hydrogens is 339 g/mol. The molecule has 1 N–H and O–H groups in total. The summed E-state index contributed by atoms with van der Waals surface area (Å²) in [5.74, 6) is -0.507. The number of anilines is 1. The zero-order valence-electron chi connectivity index (χ0n) is 13.0. The standard InChI is InChI=1S/C16H20Cl2N2O3/c1-2-23-16(22)11-4-3-7-20(9-11)10-15(21)19-14-6-5-12(17)8-13(14)18/h5-6,8,11H,2-4,7,9-10H2,1H3,(H,19,21)/t11-/m0/s1. The lowest BCUT2D eigenvalue weighted by atomic mass is 9.98. The minimum atomic E-state index is -0.182. The molecule has 0 radical (unpaired) electrons. The van der Waals surface area contributed by atoms with Crippen LogP contribution in [0.3, 0.4) is 0 Å². The van der Waals surface area contributed by atoms with E-state index in [9.17, 15) is 9.59 Å². The molecular formula is C16H20Cl2N2O3. The number of halogens is 2. The molecule has 1 heterocycles. The first kappa shape index (κ1) is 18.0. The Labute approximate surface area is 145 Å². The molecule has 0 bridgehead atoms. The highest BCUT2D eigenvalue weighted by Crippen LogP contribution is 2.25. The summed E-state index contributed by atoms with van der Waals surface area (Å²) in [4.78, 5) is 25.9. The largest absolute Gasteiger partial charge is 0.466 e. The number of benzene rings is 1. The lowest BCUT2D eigenvalue weighted by molar-refractivity contribution is -0.150. The van der Waals surface area contributed by atoms with E-state index in [1.54, 1.807) is 25.1 Å². The molecule has 7 heteroatoms. The quantitative estimate of drug-likeness (QED) is 0.821. The average Bonchev–Trinajstić information content (AvgIpc) is 2.50. The van der Waals surface area contributed by atoms with Gasteiger partial charge in [0.1, 0.15) is 0 Å². The van der Waals surface area contributed by atoms with Crippen LogP contribution in [0.1, 0.15) is 19.8 Å². The maximum absolute atomic E-state index is 12.2. The maximum atomic E-state index is 12.2. The smallest absolute Gasteiger partial charge is 0.310 e. The Bertz CT molecular complexity index is 580. The van der Waals surface area contributed by atoms with Crippen molar-refractivity contribution in [1.82, 2.24) is 4.90 Å². The molecule has 0 spiro atoms. The van der Waals surface area contributed by atoms with Crippen molar-refractivity contribution in [3.8, 4) is 0 Å². The monoisotopic (exact) mass is 358 g/mol. The molecule has 5 nitrogen and oxygen atoms in total. The fraction of sp³-hybridized carbons (Fsp3) is 0.500. The van der Waals surface area contributed by atoms with Crippen molar-refractivity contribution in [2.45, 2.75) is 19.8 Å². The van der Waals surface area contributed by atoms with E-state index in [2.05, 4.69) is 5.32 Å². The topological polar surface area (TPSA) is 58.6 Å². The Hall–Kier alpha value is -1.30. The number of carbonyl (C=O) groups excluding carboxylic acids is 2. The SMILES string of the molecule is CCOC(=O)[C@H]1CCCN(CC(=O)Nc2ccc(Cl)cc2Cl)C1. The number of piperidine rings is 1. The summed E-state index contributed by atoms with van der Waals surface area (Å²) >= 11 is 11.9. The Morgan fingerprint density at radius 2 is 2.17 bits per heavy atom. The first-order chi connectivity index (χ1) is 11.0. The number of likely N-dealkylation sites (tertiary alicyclic amines) is 1. The molecule has 1 atom stereocenters. The molecule has 1 fully saturated rings. The van der Waals surface area contributed by atoms with Crippen LogP contribution in [0.4, 0.5) is 5.69 Å². The van der Waals surface area contributed by atoms with Crippen LogP contribution in [-0.2, 0) is 14.3 Å². The van der Waals surface area contributed by atoms with Gasteiger partial charge in [0, 0.05) is 11.6 Å². The van der Waals surface area contributed by atoms with Crippen molar-refractivity contribution >= 4 is 40.8 Å². The predicted octanol–water partition coefficient (Wildman–Crippen LogP) is 3.21.